The van der Waals surface area contributed by atoms with Gasteiger partial charge in [0.25, 0.3) is 0 Å². The lowest BCUT2D eigenvalue weighted by Gasteiger charge is -2.22. The zero-order valence-corrected chi connectivity index (χ0v) is 10.1. The molecule has 0 bridgehead atoms. The molecule has 0 radical (unpaired) electrons. The second-order valence-corrected chi connectivity index (χ2v) is 3.97. The minimum atomic E-state index is -0.272. The standard InChI is InChI=1S/C10H20N2OS/c1-4-6-8(9(11)14)10(13)12(3)7-5-2/h8H,4-7H2,1-3H3,(H2,11,14). The molecule has 0 aliphatic carbocycles. The second-order valence-electron chi connectivity index (χ2n) is 3.50. The fourth-order valence-electron chi connectivity index (χ4n) is 1.39. The van der Waals surface area contributed by atoms with Crippen LogP contribution in [0.5, 0.6) is 0 Å². The van der Waals surface area contributed by atoms with E-state index in [0.29, 0.717) is 4.99 Å². The Bertz CT molecular complexity index is 206. The zero-order chi connectivity index (χ0) is 11.1. The summed E-state index contributed by atoms with van der Waals surface area (Å²) in [4.78, 5) is 13.9. The van der Waals surface area contributed by atoms with Crippen LogP contribution in [-0.4, -0.2) is 29.4 Å². The van der Waals surface area contributed by atoms with Crippen LogP contribution < -0.4 is 5.73 Å². The average molecular weight is 216 g/mol. The predicted molar refractivity (Wildman–Crippen MR) is 63.1 cm³/mol. The molecule has 4 heteroatoms. The fraction of sp³-hybridized carbons (Fsp3) is 0.800. The van der Waals surface area contributed by atoms with Crippen LogP contribution in [0.25, 0.3) is 0 Å². The molecule has 1 unspecified atom stereocenters. The van der Waals surface area contributed by atoms with E-state index >= 15 is 0 Å². The number of amides is 1. The van der Waals surface area contributed by atoms with Gasteiger partial charge in [0.1, 0.15) is 0 Å². The van der Waals surface area contributed by atoms with Gasteiger partial charge in [0.05, 0.1) is 10.9 Å². The molecule has 2 N–H and O–H groups in total. The van der Waals surface area contributed by atoms with Crippen molar-refractivity contribution in [2.75, 3.05) is 13.6 Å². The zero-order valence-electron chi connectivity index (χ0n) is 9.25. The topological polar surface area (TPSA) is 46.3 Å². The number of hydrogen-bond acceptors (Lipinski definition) is 2. The summed E-state index contributed by atoms with van der Waals surface area (Å²) in [5, 5.41) is 0. The van der Waals surface area contributed by atoms with Crippen molar-refractivity contribution in [2.24, 2.45) is 11.7 Å². The number of nitrogens with two attached hydrogens (primary N) is 1. The highest BCUT2D eigenvalue weighted by molar-refractivity contribution is 7.80. The van der Waals surface area contributed by atoms with Crippen LogP contribution in [0.15, 0.2) is 0 Å². The maximum atomic E-state index is 11.8. The molecule has 1 atom stereocenters. The largest absolute Gasteiger partial charge is 0.393 e. The Hall–Kier alpha value is -0.640. The van der Waals surface area contributed by atoms with Gasteiger partial charge >= 0.3 is 0 Å². The van der Waals surface area contributed by atoms with Crippen molar-refractivity contribution in [2.45, 2.75) is 33.1 Å². The van der Waals surface area contributed by atoms with Crippen LogP contribution in [-0.2, 0) is 4.79 Å². The lowest BCUT2D eigenvalue weighted by atomic mass is 10.0. The maximum absolute atomic E-state index is 11.8. The van der Waals surface area contributed by atoms with Crippen molar-refractivity contribution in [3.05, 3.63) is 0 Å². The molecule has 0 saturated heterocycles. The minimum absolute atomic E-state index is 0.0567. The highest BCUT2D eigenvalue weighted by Crippen LogP contribution is 2.10. The van der Waals surface area contributed by atoms with Crippen LogP contribution in [0, 0.1) is 5.92 Å². The van der Waals surface area contributed by atoms with Gasteiger partial charge in [-0.15, -0.1) is 0 Å². The lowest BCUT2D eigenvalue weighted by molar-refractivity contribution is -0.132. The molecular weight excluding hydrogens is 196 g/mol. The Labute approximate surface area is 91.6 Å². The maximum Gasteiger partial charge on any atom is 0.232 e. The van der Waals surface area contributed by atoms with E-state index < -0.39 is 0 Å². The van der Waals surface area contributed by atoms with Crippen LogP contribution >= 0.6 is 12.2 Å². The van der Waals surface area contributed by atoms with Crippen LogP contribution in [0.2, 0.25) is 0 Å². The van der Waals surface area contributed by atoms with Crippen LogP contribution in [0.3, 0.4) is 0 Å². The van der Waals surface area contributed by atoms with E-state index in [1.165, 1.54) is 0 Å². The summed E-state index contributed by atoms with van der Waals surface area (Å²) in [6.45, 7) is 4.83. The van der Waals surface area contributed by atoms with Crippen molar-refractivity contribution in [1.82, 2.24) is 4.90 Å². The molecule has 0 rings (SSSR count). The van der Waals surface area contributed by atoms with Crippen molar-refractivity contribution >= 4 is 23.1 Å². The van der Waals surface area contributed by atoms with Gasteiger partial charge in [0, 0.05) is 13.6 Å². The van der Waals surface area contributed by atoms with Gasteiger partial charge in [-0.25, -0.2) is 0 Å². The molecule has 0 aliphatic rings. The second kappa shape index (κ2) is 6.76. The molecule has 82 valence electrons. The number of hydrogen-bond donors (Lipinski definition) is 1. The Morgan fingerprint density at radius 3 is 2.36 bits per heavy atom. The summed E-state index contributed by atoms with van der Waals surface area (Å²) in [6, 6.07) is 0. The molecule has 0 spiro atoms. The first-order valence-electron chi connectivity index (χ1n) is 5.08. The molecule has 1 amide bonds. The average Bonchev–Trinajstić information content (AvgIpc) is 2.13. The summed E-state index contributed by atoms with van der Waals surface area (Å²) < 4.78 is 0. The molecule has 14 heavy (non-hydrogen) atoms. The summed E-state index contributed by atoms with van der Waals surface area (Å²) in [5.41, 5.74) is 5.54. The normalized spacial score (nSPS) is 12.2. The van der Waals surface area contributed by atoms with Crippen LogP contribution in [0.1, 0.15) is 33.1 Å². The van der Waals surface area contributed by atoms with Crippen molar-refractivity contribution in [1.29, 1.82) is 0 Å². The Morgan fingerprint density at radius 2 is 2.00 bits per heavy atom. The summed E-state index contributed by atoms with van der Waals surface area (Å²) in [6.07, 6.45) is 2.63. The van der Waals surface area contributed by atoms with Crippen molar-refractivity contribution in [3.63, 3.8) is 0 Å². The number of rotatable bonds is 6. The molecule has 0 aromatic heterocycles. The highest BCUT2D eigenvalue weighted by Gasteiger charge is 2.22. The molecule has 0 aromatic carbocycles. The molecule has 0 heterocycles. The third kappa shape index (κ3) is 4.05. The van der Waals surface area contributed by atoms with Gasteiger partial charge < -0.3 is 10.6 Å². The highest BCUT2D eigenvalue weighted by atomic mass is 32.1. The van der Waals surface area contributed by atoms with Gasteiger partial charge in [-0.1, -0.05) is 32.5 Å². The summed E-state index contributed by atoms with van der Waals surface area (Å²) in [7, 11) is 1.80. The Morgan fingerprint density at radius 1 is 1.43 bits per heavy atom. The number of thiocarbonyl (C=S) groups is 1. The third-order valence-corrected chi connectivity index (χ3v) is 2.44. The molecule has 0 saturated carbocycles. The van der Waals surface area contributed by atoms with Gasteiger partial charge in [-0.2, -0.15) is 0 Å². The smallest absolute Gasteiger partial charge is 0.232 e. The third-order valence-electron chi connectivity index (χ3n) is 2.15. The van der Waals surface area contributed by atoms with E-state index in [9.17, 15) is 4.79 Å². The van der Waals surface area contributed by atoms with E-state index in [1.54, 1.807) is 11.9 Å². The number of nitrogens with zero attached hydrogens (tertiary/aromatic N) is 1. The van der Waals surface area contributed by atoms with E-state index in [-0.39, 0.29) is 11.8 Å². The van der Waals surface area contributed by atoms with E-state index in [4.69, 9.17) is 18.0 Å². The summed E-state index contributed by atoms with van der Waals surface area (Å²) in [5.74, 6) is -0.215. The van der Waals surface area contributed by atoms with Crippen molar-refractivity contribution in [3.8, 4) is 0 Å². The Kier molecular flexibility index (Phi) is 6.45. The predicted octanol–water partition coefficient (Wildman–Crippen LogP) is 1.56. The van der Waals surface area contributed by atoms with Gasteiger partial charge in [-0.3, -0.25) is 4.79 Å². The van der Waals surface area contributed by atoms with Gasteiger partial charge in [-0.05, 0) is 12.8 Å². The first-order chi connectivity index (χ1) is 6.54. The fourth-order valence-corrected chi connectivity index (χ4v) is 1.61. The van der Waals surface area contributed by atoms with E-state index in [1.807, 2.05) is 13.8 Å². The SMILES string of the molecule is CCCC(C(=O)N(C)CCC)C(N)=S. The van der Waals surface area contributed by atoms with Crippen LogP contribution in [0.4, 0.5) is 0 Å². The molecule has 0 aromatic rings. The minimum Gasteiger partial charge on any atom is -0.393 e. The molecule has 3 nitrogen and oxygen atoms in total. The first kappa shape index (κ1) is 13.4. The molecule has 0 aliphatic heterocycles. The summed E-state index contributed by atoms with van der Waals surface area (Å²) >= 11 is 4.89. The lowest BCUT2D eigenvalue weighted by Crippen LogP contribution is -2.39. The monoisotopic (exact) mass is 216 g/mol. The van der Waals surface area contributed by atoms with E-state index in [0.717, 1.165) is 25.8 Å². The van der Waals surface area contributed by atoms with Gasteiger partial charge in [0.15, 0.2) is 0 Å². The Balaban J connectivity index is 4.35. The number of carbonyl (C=O) groups is 1. The van der Waals surface area contributed by atoms with Crippen molar-refractivity contribution < 1.29 is 4.79 Å². The molecular formula is C10H20N2OS. The van der Waals surface area contributed by atoms with E-state index in [2.05, 4.69) is 0 Å². The first-order valence-corrected chi connectivity index (χ1v) is 5.49. The number of carbonyl (C=O) groups excluding carboxylic acids is 1. The molecule has 0 fully saturated rings. The van der Waals surface area contributed by atoms with Gasteiger partial charge in [0.2, 0.25) is 5.91 Å². The quantitative estimate of drug-likeness (QED) is 0.685.